The van der Waals surface area contributed by atoms with Crippen molar-refractivity contribution in [1.82, 2.24) is 14.7 Å². The van der Waals surface area contributed by atoms with Gasteiger partial charge in [-0.25, -0.2) is 4.98 Å². The Kier molecular flexibility index (Phi) is 2.73. The normalized spacial score (nSPS) is 10.4. The molecule has 7 heteroatoms. The lowest BCUT2D eigenvalue weighted by Crippen LogP contribution is -2.19. The third-order valence-electron chi connectivity index (χ3n) is 2.25. The molecule has 0 atom stereocenters. The number of nitrogens with zero attached hydrogens (tertiary/aromatic N) is 3. The molecule has 0 fully saturated rings. The zero-order chi connectivity index (χ0) is 12.4. The number of carbonyl (C=O) groups excluding carboxylic acids is 1. The number of nitrogens with one attached hydrogen (secondary N) is 1. The molecule has 2 aromatic heterocycles. The van der Waals surface area contributed by atoms with Gasteiger partial charge in [0.25, 0.3) is 0 Å². The minimum absolute atomic E-state index is 0.0489. The number of carbonyl (C=O) groups is 1. The second-order valence-corrected chi connectivity index (χ2v) is 3.48. The first kappa shape index (κ1) is 11.1. The number of rotatable bonds is 3. The molecule has 0 unspecified atom stereocenters. The molecule has 0 aliphatic heterocycles. The van der Waals surface area contributed by atoms with Crippen LogP contribution in [0.3, 0.4) is 0 Å². The topological polar surface area (TPSA) is 89.5 Å². The summed E-state index contributed by atoms with van der Waals surface area (Å²) in [6.07, 6.45) is 1.57. The predicted octanol–water partition coefficient (Wildman–Crippen LogP) is 0.879. The standard InChI is InChI=1S/C10H10N4O3/c1-7(15)11-6-8-10(14(16)17)13-5-3-2-4-9(13)12-8/h2-5H,6H2,1H3,(H,11,15). The Morgan fingerprint density at radius 1 is 1.59 bits per heavy atom. The van der Waals surface area contributed by atoms with Crippen LogP contribution in [-0.2, 0) is 11.3 Å². The summed E-state index contributed by atoms with van der Waals surface area (Å²) in [4.78, 5) is 25.4. The first-order valence-corrected chi connectivity index (χ1v) is 4.94. The van der Waals surface area contributed by atoms with Crippen LogP contribution in [0.1, 0.15) is 12.6 Å². The van der Waals surface area contributed by atoms with Crippen molar-refractivity contribution in [2.45, 2.75) is 13.5 Å². The second kappa shape index (κ2) is 4.20. The number of hydrogen-bond acceptors (Lipinski definition) is 4. The SMILES string of the molecule is CC(=O)NCc1nc2ccccn2c1[N+](=O)[O-]. The fourth-order valence-corrected chi connectivity index (χ4v) is 1.55. The second-order valence-electron chi connectivity index (χ2n) is 3.48. The number of hydrogen-bond donors (Lipinski definition) is 1. The van der Waals surface area contributed by atoms with E-state index in [1.54, 1.807) is 24.4 Å². The molecule has 2 heterocycles. The smallest absolute Gasteiger partial charge is 0.352 e. The zero-order valence-corrected chi connectivity index (χ0v) is 9.08. The van der Waals surface area contributed by atoms with Crippen molar-refractivity contribution in [2.24, 2.45) is 0 Å². The van der Waals surface area contributed by atoms with Crippen molar-refractivity contribution < 1.29 is 9.72 Å². The van der Waals surface area contributed by atoms with Crippen LogP contribution in [0, 0.1) is 10.1 Å². The summed E-state index contributed by atoms with van der Waals surface area (Å²) < 4.78 is 1.39. The van der Waals surface area contributed by atoms with Crippen molar-refractivity contribution in [3.8, 4) is 0 Å². The van der Waals surface area contributed by atoms with Gasteiger partial charge in [0.15, 0.2) is 5.69 Å². The molecule has 7 nitrogen and oxygen atoms in total. The molecule has 0 saturated carbocycles. The van der Waals surface area contributed by atoms with Crippen LogP contribution in [0.25, 0.3) is 5.65 Å². The zero-order valence-electron chi connectivity index (χ0n) is 9.08. The number of nitro groups is 1. The van der Waals surface area contributed by atoms with E-state index in [2.05, 4.69) is 10.3 Å². The monoisotopic (exact) mass is 234 g/mol. The third kappa shape index (κ3) is 2.07. The quantitative estimate of drug-likeness (QED) is 0.630. The van der Waals surface area contributed by atoms with E-state index < -0.39 is 4.92 Å². The Morgan fingerprint density at radius 3 is 3.00 bits per heavy atom. The van der Waals surface area contributed by atoms with Gasteiger partial charge in [-0.2, -0.15) is 4.40 Å². The van der Waals surface area contributed by atoms with E-state index in [1.165, 1.54) is 11.3 Å². The van der Waals surface area contributed by atoms with Crippen LogP contribution in [0.2, 0.25) is 0 Å². The van der Waals surface area contributed by atoms with Crippen LogP contribution in [-0.4, -0.2) is 20.2 Å². The summed E-state index contributed by atoms with van der Waals surface area (Å²) in [6, 6.07) is 5.10. The summed E-state index contributed by atoms with van der Waals surface area (Å²) in [5.74, 6) is -0.370. The maximum atomic E-state index is 11.0. The molecule has 0 radical (unpaired) electrons. The first-order valence-electron chi connectivity index (χ1n) is 4.94. The maximum Gasteiger partial charge on any atom is 0.352 e. The van der Waals surface area contributed by atoms with Crippen LogP contribution in [0.15, 0.2) is 24.4 Å². The van der Waals surface area contributed by atoms with Gasteiger partial charge in [-0.15, -0.1) is 0 Å². The summed E-state index contributed by atoms with van der Waals surface area (Å²) in [5, 5.41) is 13.5. The van der Waals surface area contributed by atoms with Gasteiger partial charge in [0.05, 0.1) is 12.7 Å². The third-order valence-corrected chi connectivity index (χ3v) is 2.25. The molecule has 0 bridgehead atoms. The minimum atomic E-state index is -0.503. The molecule has 0 aromatic carbocycles. The van der Waals surface area contributed by atoms with Crippen molar-refractivity contribution in [2.75, 3.05) is 0 Å². The van der Waals surface area contributed by atoms with E-state index in [1.807, 2.05) is 0 Å². The Labute approximate surface area is 96.2 Å². The molecule has 2 rings (SSSR count). The molecule has 0 spiro atoms. The predicted molar refractivity (Wildman–Crippen MR) is 59.4 cm³/mol. The fraction of sp³-hybridized carbons (Fsp3) is 0.200. The van der Waals surface area contributed by atoms with E-state index in [9.17, 15) is 14.9 Å². The highest BCUT2D eigenvalue weighted by Gasteiger charge is 2.21. The van der Waals surface area contributed by atoms with E-state index >= 15 is 0 Å². The number of imidazole rings is 1. The largest absolute Gasteiger partial charge is 0.358 e. The molecule has 0 aliphatic rings. The minimum Gasteiger partial charge on any atom is -0.358 e. The van der Waals surface area contributed by atoms with E-state index in [4.69, 9.17) is 0 Å². The molecular weight excluding hydrogens is 224 g/mol. The summed E-state index contributed by atoms with van der Waals surface area (Å²) in [7, 11) is 0. The molecule has 2 aromatic rings. The van der Waals surface area contributed by atoms with Gasteiger partial charge in [0.2, 0.25) is 11.6 Å². The maximum absolute atomic E-state index is 11.0. The molecule has 1 N–H and O–H groups in total. The average molecular weight is 234 g/mol. The number of amides is 1. The number of aromatic nitrogens is 2. The lowest BCUT2D eigenvalue weighted by atomic mass is 10.4. The molecule has 0 aliphatic carbocycles. The summed E-state index contributed by atoms with van der Waals surface area (Å²) >= 11 is 0. The van der Waals surface area contributed by atoms with E-state index in [0.29, 0.717) is 5.65 Å². The van der Waals surface area contributed by atoms with Crippen LogP contribution in [0.4, 0.5) is 5.82 Å². The number of pyridine rings is 1. The average Bonchev–Trinajstić information content (AvgIpc) is 2.64. The van der Waals surface area contributed by atoms with Gasteiger partial charge in [-0.1, -0.05) is 6.07 Å². The van der Waals surface area contributed by atoms with Crippen LogP contribution >= 0.6 is 0 Å². The molecule has 0 saturated heterocycles. The van der Waals surface area contributed by atoms with Gasteiger partial charge < -0.3 is 15.4 Å². The fourth-order valence-electron chi connectivity index (χ4n) is 1.55. The van der Waals surface area contributed by atoms with E-state index in [-0.39, 0.29) is 24.0 Å². The van der Waals surface area contributed by atoms with Crippen LogP contribution in [0.5, 0.6) is 0 Å². The van der Waals surface area contributed by atoms with Crippen molar-refractivity contribution >= 4 is 17.4 Å². The van der Waals surface area contributed by atoms with Gasteiger partial charge in [-0.05, 0) is 11.0 Å². The molecule has 17 heavy (non-hydrogen) atoms. The van der Waals surface area contributed by atoms with Gasteiger partial charge in [-0.3, -0.25) is 4.79 Å². The summed E-state index contributed by atoms with van der Waals surface area (Å²) in [6.45, 7) is 1.40. The van der Waals surface area contributed by atoms with Crippen molar-refractivity contribution in [3.05, 3.63) is 40.2 Å². The molecule has 1 amide bonds. The Hall–Kier alpha value is -2.44. The Balaban J connectivity index is 2.50. The van der Waals surface area contributed by atoms with Gasteiger partial charge in [0, 0.05) is 13.0 Å². The van der Waals surface area contributed by atoms with Gasteiger partial charge in [0.1, 0.15) is 0 Å². The summed E-state index contributed by atoms with van der Waals surface area (Å²) in [5.41, 5.74) is 0.732. The molecule has 88 valence electrons. The molecular formula is C10H10N4O3. The van der Waals surface area contributed by atoms with Crippen LogP contribution < -0.4 is 5.32 Å². The van der Waals surface area contributed by atoms with Gasteiger partial charge >= 0.3 is 5.82 Å². The number of fused-ring (bicyclic) bond motifs is 1. The lowest BCUT2D eigenvalue weighted by molar-refractivity contribution is -0.391. The van der Waals surface area contributed by atoms with E-state index in [0.717, 1.165) is 0 Å². The Morgan fingerprint density at radius 2 is 2.35 bits per heavy atom. The highest BCUT2D eigenvalue weighted by atomic mass is 16.6. The highest BCUT2D eigenvalue weighted by Crippen LogP contribution is 2.20. The first-order chi connectivity index (χ1) is 8.09. The Bertz CT molecular complexity index is 590. The van der Waals surface area contributed by atoms with Crippen molar-refractivity contribution in [3.63, 3.8) is 0 Å². The highest BCUT2D eigenvalue weighted by molar-refractivity contribution is 5.72. The lowest BCUT2D eigenvalue weighted by Gasteiger charge is -1.99. The van der Waals surface area contributed by atoms with Crippen molar-refractivity contribution in [1.29, 1.82) is 0 Å².